The number of halogens is 1. The van der Waals surface area contributed by atoms with Crippen LogP contribution in [-0.4, -0.2) is 20.3 Å². The maximum Gasteiger partial charge on any atom is 0.247 e. The van der Waals surface area contributed by atoms with E-state index in [1.165, 1.54) is 11.1 Å². The SMILES string of the molecule is Cc1ccc(-c2nnc(Cc3nc(-c4cccc(Br)c4)no3)o2)cc1C. The molecule has 26 heavy (non-hydrogen) atoms. The van der Waals surface area contributed by atoms with Crippen molar-refractivity contribution >= 4 is 15.9 Å². The summed E-state index contributed by atoms with van der Waals surface area (Å²) in [6.07, 6.45) is 0.291. The molecule has 0 amide bonds. The fourth-order valence-electron chi connectivity index (χ4n) is 2.52. The zero-order chi connectivity index (χ0) is 18.1. The van der Waals surface area contributed by atoms with Crippen molar-refractivity contribution in [2.45, 2.75) is 20.3 Å². The highest BCUT2D eigenvalue weighted by Gasteiger charge is 2.15. The second kappa shape index (κ2) is 6.84. The summed E-state index contributed by atoms with van der Waals surface area (Å²) in [5.41, 5.74) is 4.17. The first kappa shape index (κ1) is 16.7. The van der Waals surface area contributed by atoms with Crippen LogP contribution in [0.15, 0.2) is 55.9 Å². The molecule has 0 aliphatic rings. The molecular weight excluding hydrogens is 396 g/mol. The van der Waals surface area contributed by atoms with Gasteiger partial charge >= 0.3 is 0 Å². The topological polar surface area (TPSA) is 77.8 Å². The first-order chi connectivity index (χ1) is 12.6. The van der Waals surface area contributed by atoms with Gasteiger partial charge in [0.1, 0.15) is 6.42 Å². The highest BCUT2D eigenvalue weighted by atomic mass is 79.9. The van der Waals surface area contributed by atoms with E-state index < -0.39 is 0 Å². The second-order valence-electron chi connectivity index (χ2n) is 6.00. The van der Waals surface area contributed by atoms with E-state index in [1.54, 1.807) is 0 Å². The Kier molecular flexibility index (Phi) is 4.38. The van der Waals surface area contributed by atoms with Crippen molar-refractivity contribution in [1.29, 1.82) is 0 Å². The van der Waals surface area contributed by atoms with Crippen LogP contribution in [0.25, 0.3) is 22.8 Å². The molecule has 2 heterocycles. The lowest BCUT2D eigenvalue weighted by atomic mass is 10.1. The first-order valence-electron chi connectivity index (χ1n) is 8.07. The van der Waals surface area contributed by atoms with Gasteiger partial charge < -0.3 is 8.94 Å². The number of nitrogens with zero attached hydrogens (tertiary/aromatic N) is 4. The monoisotopic (exact) mass is 410 g/mol. The van der Waals surface area contributed by atoms with Crippen molar-refractivity contribution in [1.82, 2.24) is 20.3 Å². The van der Waals surface area contributed by atoms with Gasteiger partial charge in [0.2, 0.25) is 23.5 Å². The normalized spacial score (nSPS) is 11.0. The number of aromatic nitrogens is 4. The zero-order valence-electron chi connectivity index (χ0n) is 14.2. The minimum Gasteiger partial charge on any atom is -0.420 e. The molecule has 6 nitrogen and oxygen atoms in total. The molecule has 4 aromatic rings. The maximum atomic E-state index is 5.75. The Morgan fingerprint density at radius 1 is 0.923 bits per heavy atom. The van der Waals surface area contributed by atoms with Gasteiger partial charge in [0.15, 0.2) is 0 Å². The average Bonchev–Trinajstić information content (AvgIpc) is 3.28. The fraction of sp³-hybridized carbons (Fsp3) is 0.158. The fourth-order valence-corrected chi connectivity index (χ4v) is 2.92. The Morgan fingerprint density at radius 2 is 1.81 bits per heavy atom. The van der Waals surface area contributed by atoms with Crippen LogP contribution < -0.4 is 0 Å². The molecule has 0 spiro atoms. The molecule has 7 heteroatoms. The first-order valence-corrected chi connectivity index (χ1v) is 8.86. The van der Waals surface area contributed by atoms with Crippen LogP contribution >= 0.6 is 15.9 Å². The molecule has 0 aliphatic carbocycles. The summed E-state index contributed by atoms with van der Waals surface area (Å²) in [7, 11) is 0. The Morgan fingerprint density at radius 3 is 2.62 bits per heavy atom. The largest absolute Gasteiger partial charge is 0.420 e. The van der Waals surface area contributed by atoms with Gasteiger partial charge in [-0.05, 0) is 49.2 Å². The van der Waals surface area contributed by atoms with E-state index in [0.29, 0.717) is 29.9 Å². The Labute approximate surface area is 158 Å². The molecule has 130 valence electrons. The Balaban J connectivity index is 1.53. The summed E-state index contributed by atoms with van der Waals surface area (Å²) in [5, 5.41) is 12.2. The van der Waals surface area contributed by atoms with Gasteiger partial charge in [0.05, 0.1) is 0 Å². The quantitative estimate of drug-likeness (QED) is 0.482. The van der Waals surface area contributed by atoms with E-state index in [-0.39, 0.29) is 0 Å². The van der Waals surface area contributed by atoms with Gasteiger partial charge in [-0.1, -0.05) is 39.3 Å². The minimum atomic E-state index is 0.291. The van der Waals surface area contributed by atoms with Crippen LogP contribution in [-0.2, 0) is 6.42 Å². The summed E-state index contributed by atoms with van der Waals surface area (Å²) in [4.78, 5) is 4.40. The lowest BCUT2D eigenvalue weighted by Crippen LogP contribution is -1.89. The molecule has 2 aromatic carbocycles. The molecule has 0 N–H and O–H groups in total. The third kappa shape index (κ3) is 3.43. The molecule has 0 saturated carbocycles. The average molecular weight is 411 g/mol. The van der Waals surface area contributed by atoms with Crippen LogP contribution in [0.3, 0.4) is 0 Å². The number of hydrogen-bond acceptors (Lipinski definition) is 6. The van der Waals surface area contributed by atoms with Crippen LogP contribution in [0.5, 0.6) is 0 Å². The molecule has 0 fully saturated rings. The number of rotatable bonds is 4. The van der Waals surface area contributed by atoms with E-state index in [2.05, 4.69) is 50.1 Å². The van der Waals surface area contributed by atoms with E-state index in [1.807, 2.05) is 42.5 Å². The Bertz CT molecular complexity index is 1070. The molecule has 4 rings (SSSR count). The van der Waals surface area contributed by atoms with Crippen LogP contribution in [0.4, 0.5) is 0 Å². The number of aryl methyl sites for hydroxylation is 2. The summed E-state index contributed by atoms with van der Waals surface area (Å²) in [5.74, 6) is 1.86. The zero-order valence-corrected chi connectivity index (χ0v) is 15.8. The molecule has 0 saturated heterocycles. The molecule has 0 atom stereocenters. The van der Waals surface area contributed by atoms with E-state index in [0.717, 1.165) is 15.6 Å². The van der Waals surface area contributed by atoms with Crippen LogP contribution in [0.2, 0.25) is 0 Å². The molecule has 0 radical (unpaired) electrons. The summed E-state index contributed by atoms with van der Waals surface area (Å²) < 4.78 is 12.0. The van der Waals surface area contributed by atoms with Gasteiger partial charge in [-0.3, -0.25) is 0 Å². The smallest absolute Gasteiger partial charge is 0.247 e. The molecule has 0 bridgehead atoms. The van der Waals surface area contributed by atoms with Gasteiger partial charge in [-0.15, -0.1) is 10.2 Å². The van der Waals surface area contributed by atoms with Crippen LogP contribution in [0, 0.1) is 13.8 Å². The maximum absolute atomic E-state index is 5.75. The molecular formula is C19H15BrN4O2. The van der Waals surface area contributed by atoms with Gasteiger partial charge in [-0.25, -0.2) is 0 Å². The Hall–Kier alpha value is -2.80. The van der Waals surface area contributed by atoms with Gasteiger partial charge in [0.25, 0.3) is 0 Å². The predicted molar refractivity (Wildman–Crippen MR) is 99.4 cm³/mol. The predicted octanol–water partition coefficient (Wildman–Crippen LogP) is 4.76. The van der Waals surface area contributed by atoms with E-state index in [4.69, 9.17) is 8.94 Å². The lowest BCUT2D eigenvalue weighted by molar-refractivity contribution is 0.374. The molecule has 2 aromatic heterocycles. The van der Waals surface area contributed by atoms with Crippen molar-refractivity contribution < 1.29 is 8.94 Å². The minimum absolute atomic E-state index is 0.291. The van der Waals surface area contributed by atoms with Crippen molar-refractivity contribution in [3.05, 3.63) is 69.8 Å². The van der Waals surface area contributed by atoms with Crippen LogP contribution in [0.1, 0.15) is 22.9 Å². The summed E-state index contributed by atoms with van der Waals surface area (Å²) in [6.45, 7) is 4.12. The van der Waals surface area contributed by atoms with E-state index in [9.17, 15) is 0 Å². The van der Waals surface area contributed by atoms with Gasteiger partial charge in [0, 0.05) is 15.6 Å². The second-order valence-corrected chi connectivity index (χ2v) is 6.91. The molecule has 0 aliphatic heterocycles. The number of benzene rings is 2. The van der Waals surface area contributed by atoms with E-state index >= 15 is 0 Å². The van der Waals surface area contributed by atoms with Gasteiger partial charge in [-0.2, -0.15) is 4.98 Å². The van der Waals surface area contributed by atoms with Crippen molar-refractivity contribution in [3.63, 3.8) is 0 Å². The van der Waals surface area contributed by atoms with Crippen molar-refractivity contribution in [3.8, 4) is 22.8 Å². The highest BCUT2D eigenvalue weighted by Crippen LogP contribution is 2.23. The van der Waals surface area contributed by atoms with Crippen molar-refractivity contribution in [2.24, 2.45) is 0 Å². The summed E-state index contributed by atoms with van der Waals surface area (Å²) >= 11 is 3.43. The highest BCUT2D eigenvalue weighted by molar-refractivity contribution is 9.10. The third-order valence-corrected chi connectivity index (χ3v) is 4.57. The van der Waals surface area contributed by atoms with Crippen molar-refractivity contribution in [2.75, 3.05) is 0 Å². The third-order valence-electron chi connectivity index (χ3n) is 4.07. The molecule has 0 unspecified atom stereocenters. The summed E-state index contributed by atoms with van der Waals surface area (Å²) in [6, 6.07) is 13.8. The number of hydrogen-bond donors (Lipinski definition) is 0. The standard InChI is InChI=1S/C19H15BrN4O2/c1-11-6-7-14(8-12(11)2)19-23-22-17(25-19)10-16-21-18(24-26-16)13-4-3-5-15(20)9-13/h3-9H,10H2,1-2H3. The lowest BCUT2D eigenvalue weighted by Gasteiger charge is -2.00.